The van der Waals surface area contributed by atoms with Gasteiger partial charge in [-0.25, -0.2) is 0 Å². The molecule has 0 spiro atoms. The van der Waals surface area contributed by atoms with Crippen LogP contribution in [0.15, 0.2) is 65.1 Å². The Labute approximate surface area is 207 Å². The number of hydrogen-bond donors (Lipinski definition) is 2. The molecule has 7 heteroatoms. The number of anilines is 2. The molecule has 0 aliphatic carbocycles. The number of halogens is 3. The molecular weight excluding hydrogens is 511 g/mol. The SMILES string of the molecule is CC(C)CC(=O)Nc1cccc(NCc2cc(Br)ccc2OCc2ccc(Cl)c(Cl)c2)c1. The molecule has 168 valence electrons. The van der Waals surface area contributed by atoms with Crippen LogP contribution in [0.25, 0.3) is 0 Å². The Hall–Kier alpha value is -2.21. The summed E-state index contributed by atoms with van der Waals surface area (Å²) in [6.45, 7) is 4.98. The van der Waals surface area contributed by atoms with Crippen LogP contribution in [-0.4, -0.2) is 5.91 Å². The zero-order chi connectivity index (χ0) is 23.1. The van der Waals surface area contributed by atoms with Gasteiger partial charge in [-0.2, -0.15) is 0 Å². The zero-order valence-electron chi connectivity index (χ0n) is 17.9. The second-order valence-electron chi connectivity index (χ2n) is 7.87. The van der Waals surface area contributed by atoms with Crippen LogP contribution >= 0.6 is 39.1 Å². The maximum absolute atomic E-state index is 12.1. The van der Waals surface area contributed by atoms with Gasteiger partial charge in [-0.05, 0) is 60.0 Å². The topological polar surface area (TPSA) is 50.4 Å². The number of benzene rings is 3. The van der Waals surface area contributed by atoms with E-state index in [9.17, 15) is 4.79 Å². The average Bonchev–Trinajstić information content (AvgIpc) is 2.73. The summed E-state index contributed by atoms with van der Waals surface area (Å²) in [5.74, 6) is 1.10. The number of hydrogen-bond acceptors (Lipinski definition) is 3. The molecule has 3 aromatic carbocycles. The van der Waals surface area contributed by atoms with Gasteiger partial charge < -0.3 is 15.4 Å². The van der Waals surface area contributed by atoms with E-state index in [1.165, 1.54) is 0 Å². The predicted molar refractivity (Wildman–Crippen MR) is 137 cm³/mol. The Morgan fingerprint density at radius 2 is 1.78 bits per heavy atom. The fourth-order valence-corrected chi connectivity index (χ4v) is 3.83. The standard InChI is InChI=1S/C25H25BrCl2N2O2/c1-16(2)10-25(31)30-21-5-3-4-20(13-21)29-14-18-12-19(26)7-9-24(18)32-15-17-6-8-22(27)23(28)11-17/h3-9,11-13,16,29H,10,14-15H2,1-2H3,(H,30,31). The monoisotopic (exact) mass is 534 g/mol. The Morgan fingerprint density at radius 1 is 1.00 bits per heavy atom. The first-order valence-corrected chi connectivity index (χ1v) is 11.8. The van der Waals surface area contributed by atoms with Gasteiger partial charge in [0.05, 0.1) is 10.0 Å². The fraction of sp³-hybridized carbons (Fsp3) is 0.240. The Kier molecular flexibility index (Phi) is 8.85. The van der Waals surface area contributed by atoms with Gasteiger partial charge in [-0.3, -0.25) is 4.79 Å². The summed E-state index contributed by atoms with van der Waals surface area (Å²) < 4.78 is 7.02. The molecule has 0 aromatic heterocycles. The molecule has 0 aliphatic rings. The normalized spacial score (nSPS) is 10.8. The second-order valence-corrected chi connectivity index (χ2v) is 9.60. The highest BCUT2D eigenvalue weighted by Crippen LogP contribution is 2.27. The molecule has 0 unspecified atom stereocenters. The van der Waals surface area contributed by atoms with E-state index in [1.807, 2.05) is 62.4 Å². The number of amides is 1. The molecule has 3 rings (SSSR count). The first-order chi connectivity index (χ1) is 15.3. The molecule has 1 amide bonds. The van der Waals surface area contributed by atoms with E-state index >= 15 is 0 Å². The van der Waals surface area contributed by atoms with E-state index in [-0.39, 0.29) is 5.91 Å². The number of rotatable bonds is 9. The summed E-state index contributed by atoms with van der Waals surface area (Å²) in [7, 11) is 0. The largest absolute Gasteiger partial charge is 0.489 e. The molecule has 0 heterocycles. The van der Waals surface area contributed by atoms with Crippen molar-refractivity contribution in [3.8, 4) is 5.75 Å². The number of carbonyl (C=O) groups is 1. The van der Waals surface area contributed by atoms with E-state index in [2.05, 4.69) is 26.6 Å². The molecule has 0 aliphatic heterocycles. The molecular formula is C25H25BrCl2N2O2. The fourth-order valence-electron chi connectivity index (χ4n) is 3.10. The van der Waals surface area contributed by atoms with Gasteiger partial charge in [-0.1, -0.05) is 65.1 Å². The van der Waals surface area contributed by atoms with E-state index < -0.39 is 0 Å². The third kappa shape index (κ3) is 7.44. The van der Waals surface area contributed by atoms with Gasteiger partial charge in [-0.15, -0.1) is 0 Å². The van der Waals surface area contributed by atoms with Crippen molar-refractivity contribution in [3.63, 3.8) is 0 Å². The Bertz CT molecular complexity index is 1090. The van der Waals surface area contributed by atoms with Crippen molar-refractivity contribution < 1.29 is 9.53 Å². The van der Waals surface area contributed by atoms with Gasteiger partial charge in [0.15, 0.2) is 0 Å². The Balaban J connectivity index is 1.66. The van der Waals surface area contributed by atoms with Crippen LogP contribution in [0.5, 0.6) is 5.75 Å². The molecule has 3 aromatic rings. The van der Waals surface area contributed by atoms with Crippen LogP contribution in [-0.2, 0) is 17.9 Å². The van der Waals surface area contributed by atoms with Crippen molar-refractivity contribution in [2.24, 2.45) is 5.92 Å². The third-order valence-corrected chi connectivity index (χ3v) is 5.86. The van der Waals surface area contributed by atoms with Crippen LogP contribution in [0.1, 0.15) is 31.4 Å². The second kappa shape index (κ2) is 11.6. The molecule has 0 saturated carbocycles. The summed E-state index contributed by atoms with van der Waals surface area (Å²) in [6.07, 6.45) is 0.495. The van der Waals surface area contributed by atoms with Gasteiger partial charge in [0.1, 0.15) is 12.4 Å². The first kappa shape index (κ1) is 24.4. The van der Waals surface area contributed by atoms with Crippen LogP contribution in [0.4, 0.5) is 11.4 Å². The summed E-state index contributed by atoms with van der Waals surface area (Å²) >= 11 is 15.6. The minimum Gasteiger partial charge on any atom is -0.489 e. The van der Waals surface area contributed by atoms with Gasteiger partial charge in [0, 0.05) is 34.4 Å². The minimum absolute atomic E-state index is 0.0159. The lowest BCUT2D eigenvalue weighted by molar-refractivity contribution is -0.116. The molecule has 0 fully saturated rings. The predicted octanol–water partition coefficient (Wildman–Crippen LogP) is 7.93. The van der Waals surface area contributed by atoms with E-state index in [0.29, 0.717) is 35.5 Å². The lowest BCUT2D eigenvalue weighted by atomic mass is 10.1. The van der Waals surface area contributed by atoms with Crippen LogP contribution < -0.4 is 15.4 Å². The lowest BCUT2D eigenvalue weighted by Crippen LogP contribution is -2.14. The first-order valence-electron chi connectivity index (χ1n) is 10.3. The molecule has 0 saturated heterocycles. The molecule has 0 radical (unpaired) electrons. The average molecular weight is 536 g/mol. The molecule has 32 heavy (non-hydrogen) atoms. The van der Waals surface area contributed by atoms with Crippen LogP contribution in [0.3, 0.4) is 0 Å². The van der Waals surface area contributed by atoms with Gasteiger partial charge >= 0.3 is 0 Å². The zero-order valence-corrected chi connectivity index (χ0v) is 21.0. The van der Waals surface area contributed by atoms with Crippen molar-refractivity contribution in [2.45, 2.75) is 33.4 Å². The van der Waals surface area contributed by atoms with Crippen LogP contribution in [0, 0.1) is 5.92 Å². The highest BCUT2D eigenvalue weighted by atomic mass is 79.9. The molecule has 4 nitrogen and oxygen atoms in total. The summed E-state index contributed by atoms with van der Waals surface area (Å²) in [5, 5.41) is 7.38. The summed E-state index contributed by atoms with van der Waals surface area (Å²) in [5.41, 5.74) is 3.61. The number of carbonyl (C=O) groups excluding carboxylic acids is 1. The maximum atomic E-state index is 12.1. The smallest absolute Gasteiger partial charge is 0.224 e. The number of ether oxygens (including phenoxy) is 1. The lowest BCUT2D eigenvalue weighted by Gasteiger charge is -2.15. The summed E-state index contributed by atoms with van der Waals surface area (Å²) in [4.78, 5) is 12.1. The third-order valence-electron chi connectivity index (χ3n) is 4.62. The van der Waals surface area contributed by atoms with E-state index in [1.54, 1.807) is 12.1 Å². The molecule has 2 N–H and O–H groups in total. The van der Waals surface area contributed by atoms with Crippen molar-refractivity contribution in [1.29, 1.82) is 0 Å². The minimum atomic E-state index is 0.0159. The van der Waals surface area contributed by atoms with E-state index in [0.717, 1.165) is 32.7 Å². The quantitative estimate of drug-likeness (QED) is 0.292. The van der Waals surface area contributed by atoms with Crippen LogP contribution in [0.2, 0.25) is 10.0 Å². The summed E-state index contributed by atoms with van der Waals surface area (Å²) in [6, 6.07) is 19.0. The number of nitrogens with one attached hydrogen (secondary N) is 2. The highest BCUT2D eigenvalue weighted by Gasteiger charge is 2.09. The van der Waals surface area contributed by atoms with Crippen molar-refractivity contribution in [2.75, 3.05) is 10.6 Å². The van der Waals surface area contributed by atoms with Crippen molar-refractivity contribution in [3.05, 3.63) is 86.3 Å². The molecule has 0 atom stereocenters. The van der Waals surface area contributed by atoms with Crippen molar-refractivity contribution in [1.82, 2.24) is 0 Å². The molecule has 0 bridgehead atoms. The van der Waals surface area contributed by atoms with Gasteiger partial charge in [0.25, 0.3) is 0 Å². The van der Waals surface area contributed by atoms with E-state index in [4.69, 9.17) is 27.9 Å². The Morgan fingerprint density at radius 3 is 2.53 bits per heavy atom. The highest BCUT2D eigenvalue weighted by molar-refractivity contribution is 9.10. The maximum Gasteiger partial charge on any atom is 0.224 e. The van der Waals surface area contributed by atoms with Gasteiger partial charge in [0.2, 0.25) is 5.91 Å². The van der Waals surface area contributed by atoms with Crippen molar-refractivity contribution >= 4 is 56.4 Å².